The zero-order valence-corrected chi connectivity index (χ0v) is 14.2. The highest BCUT2D eigenvalue weighted by Crippen LogP contribution is 2.16. The van der Waals surface area contributed by atoms with Gasteiger partial charge < -0.3 is 9.84 Å². The smallest absolute Gasteiger partial charge is 0.327 e. The number of carbonyl (C=O) groups excluding carboxylic acids is 1. The maximum Gasteiger partial charge on any atom is 0.327 e. The lowest BCUT2D eigenvalue weighted by Crippen LogP contribution is -2.15. The van der Waals surface area contributed by atoms with Crippen LogP contribution in [0.25, 0.3) is 0 Å². The van der Waals surface area contributed by atoms with Crippen LogP contribution in [0.3, 0.4) is 0 Å². The Bertz CT molecular complexity index is 858. The van der Waals surface area contributed by atoms with Gasteiger partial charge in [-0.1, -0.05) is 12.1 Å². The third-order valence-electron chi connectivity index (χ3n) is 3.26. The number of anilines is 1. The summed E-state index contributed by atoms with van der Waals surface area (Å²) < 4.78 is 32.7. The molecule has 25 heavy (non-hydrogen) atoms. The number of benzene rings is 1. The molecule has 0 aliphatic carbocycles. The Balaban J connectivity index is 2.06. The number of carbonyl (C=O) groups is 2. The molecule has 0 unspecified atom stereocenters. The standard InChI is InChI=1S/C15H17N3O6S/c1-24-15(21)10-18-9-8-13(16-18)17-25(22,23)12-5-2-11(3-6-12)4-7-14(19)20/h2-3,5-6,8-9H,4,7,10H2,1H3,(H,16,17)(H,19,20). The predicted octanol–water partition coefficient (Wildman–Crippen LogP) is 0.874. The number of hydrogen-bond acceptors (Lipinski definition) is 6. The van der Waals surface area contributed by atoms with Crippen LogP contribution >= 0.6 is 0 Å². The summed E-state index contributed by atoms with van der Waals surface area (Å²) in [5, 5.41) is 12.6. The molecule has 2 N–H and O–H groups in total. The predicted molar refractivity (Wildman–Crippen MR) is 87.5 cm³/mol. The minimum absolute atomic E-state index is 0.0223. The third-order valence-corrected chi connectivity index (χ3v) is 4.63. The van der Waals surface area contributed by atoms with Crippen LogP contribution in [-0.2, 0) is 37.3 Å². The molecule has 134 valence electrons. The Kier molecular flexibility index (Phi) is 5.75. The van der Waals surface area contributed by atoms with Gasteiger partial charge >= 0.3 is 11.9 Å². The van der Waals surface area contributed by atoms with Crippen molar-refractivity contribution in [2.75, 3.05) is 11.8 Å². The van der Waals surface area contributed by atoms with E-state index in [1.54, 1.807) is 12.1 Å². The number of aromatic nitrogens is 2. The fraction of sp³-hybridized carbons (Fsp3) is 0.267. The largest absolute Gasteiger partial charge is 0.481 e. The highest BCUT2D eigenvalue weighted by molar-refractivity contribution is 7.92. The molecule has 1 heterocycles. The van der Waals surface area contributed by atoms with E-state index in [0.29, 0.717) is 6.42 Å². The number of nitrogens with one attached hydrogen (secondary N) is 1. The normalized spacial score (nSPS) is 11.1. The lowest BCUT2D eigenvalue weighted by Gasteiger charge is -2.06. The molecule has 0 saturated heterocycles. The first kappa shape index (κ1) is 18.5. The van der Waals surface area contributed by atoms with E-state index in [-0.39, 0.29) is 23.7 Å². The lowest BCUT2D eigenvalue weighted by molar-refractivity contribution is -0.141. The van der Waals surface area contributed by atoms with E-state index < -0.39 is 22.0 Å². The third kappa shape index (κ3) is 5.31. The molecule has 0 spiro atoms. The molecule has 2 rings (SSSR count). The Morgan fingerprint density at radius 1 is 1.24 bits per heavy atom. The zero-order chi connectivity index (χ0) is 18.4. The fourth-order valence-electron chi connectivity index (χ4n) is 1.98. The van der Waals surface area contributed by atoms with Crippen molar-refractivity contribution in [2.24, 2.45) is 0 Å². The average molecular weight is 367 g/mol. The number of rotatable bonds is 8. The van der Waals surface area contributed by atoms with Crippen molar-refractivity contribution >= 4 is 27.8 Å². The van der Waals surface area contributed by atoms with Crippen molar-refractivity contribution in [3.63, 3.8) is 0 Å². The highest BCUT2D eigenvalue weighted by atomic mass is 32.2. The summed E-state index contributed by atoms with van der Waals surface area (Å²) in [4.78, 5) is 21.7. The molecule has 1 aromatic heterocycles. The molecular weight excluding hydrogens is 350 g/mol. The molecule has 0 radical (unpaired) electrons. The Morgan fingerprint density at radius 3 is 2.52 bits per heavy atom. The molecule has 0 saturated carbocycles. The topological polar surface area (TPSA) is 128 Å². The van der Waals surface area contributed by atoms with Crippen molar-refractivity contribution in [1.82, 2.24) is 9.78 Å². The SMILES string of the molecule is COC(=O)Cn1ccc(NS(=O)(=O)c2ccc(CCC(=O)O)cc2)n1. The summed E-state index contributed by atoms with van der Waals surface area (Å²) in [5.74, 6) is -1.35. The molecule has 10 heteroatoms. The van der Waals surface area contributed by atoms with Crippen LogP contribution in [0.4, 0.5) is 5.82 Å². The molecule has 0 aliphatic heterocycles. The first-order valence-corrected chi connectivity index (χ1v) is 8.72. The minimum Gasteiger partial charge on any atom is -0.481 e. The van der Waals surface area contributed by atoms with Gasteiger partial charge in [-0.3, -0.25) is 19.0 Å². The lowest BCUT2D eigenvalue weighted by atomic mass is 10.1. The van der Waals surface area contributed by atoms with Gasteiger partial charge in [0.2, 0.25) is 0 Å². The second-order valence-corrected chi connectivity index (χ2v) is 6.80. The summed E-state index contributed by atoms with van der Waals surface area (Å²) in [6, 6.07) is 7.33. The van der Waals surface area contributed by atoms with Gasteiger partial charge in [0.25, 0.3) is 10.0 Å². The summed E-state index contributed by atoms with van der Waals surface area (Å²) in [7, 11) is -2.59. The van der Waals surface area contributed by atoms with Crippen molar-refractivity contribution in [2.45, 2.75) is 24.3 Å². The average Bonchev–Trinajstić information content (AvgIpc) is 2.99. The van der Waals surface area contributed by atoms with Crippen LogP contribution in [0, 0.1) is 0 Å². The number of methoxy groups -OCH3 is 1. The number of aryl methyl sites for hydroxylation is 1. The number of carboxylic acids is 1. The van der Waals surface area contributed by atoms with Crippen LogP contribution in [-0.4, -0.2) is 42.4 Å². The van der Waals surface area contributed by atoms with Gasteiger partial charge in [-0.15, -0.1) is 0 Å². The summed E-state index contributed by atoms with van der Waals surface area (Å²) in [6.45, 7) is -0.128. The Hall–Kier alpha value is -2.88. The van der Waals surface area contributed by atoms with Crippen LogP contribution < -0.4 is 4.72 Å². The minimum atomic E-state index is -3.84. The molecule has 1 aromatic carbocycles. The molecule has 9 nitrogen and oxygen atoms in total. The van der Waals surface area contributed by atoms with Crippen LogP contribution in [0.2, 0.25) is 0 Å². The van der Waals surface area contributed by atoms with Gasteiger partial charge in [0.05, 0.1) is 12.0 Å². The molecular formula is C15H17N3O6S. The summed E-state index contributed by atoms with van der Waals surface area (Å²) in [6.07, 6.45) is 1.74. The molecule has 2 aromatic rings. The number of esters is 1. The molecule has 0 fully saturated rings. The van der Waals surface area contributed by atoms with Gasteiger partial charge in [0.1, 0.15) is 6.54 Å². The number of aliphatic carboxylic acids is 1. The van der Waals surface area contributed by atoms with E-state index in [9.17, 15) is 18.0 Å². The fourth-order valence-corrected chi connectivity index (χ4v) is 2.98. The first-order chi connectivity index (χ1) is 11.8. The molecule has 0 aliphatic rings. The van der Waals surface area contributed by atoms with E-state index in [1.165, 1.54) is 36.2 Å². The second kappa shape index (κ2) is 7.79. The van der Waals surface area contributed by atoms with Crippen molar-refractivity contribution in [3.8, 4) is 0 Å². The van der Waals surface area contributed by atoms with E-state index in [2.05, 4.69) is 14.6 Å². The van der Waals surface area contributed by atoms with Crippen molar-refractivity contribution < 1.29 is 27.9 Å². The highest BCUT2D eigenvalue weighted by Gasteiger charge is 2.16. The van der Waals surface area contributed by atoms with Crippen LogP contribution in [0.15, 0.2) is 41.4 Å². The van der Waals surface area contributed by atoms with Gasteiger partial charge in [-0.05, 0) is 24.1 Å². The number of nitrogens with zero attached hydrogens (tertiary/aromatic N) is 2. The Labute approximate surface area is 144 Å². The monoisotopic (exact) mass is 367 g/mol. The van der Waals surface area contributed by atoms with E-state index in [4.69, 9.17) is 5.11 Å². The maximum atomic E-state index is 12.3. The number of ether oxygens (including phenoxy) is 1. The first-order valence-electron chi connectivity index (χ1n) is 7.24. The maximum absolute atomic E-state index is 12.3. The van der Waals surface area contributed by atoms with E-state index >= 15 is 0 Å². The van der Waals surface area contributed by atoms with Crippen LogP contribution in [0.1, 0.15) is 12.0 Å². The quantitative estimate of drug-likeness (QED) is 0.663. The number of carboxylic acid groups (broad SMARTS) is 1. The van der Waals surface area contributed by atoms with Gasteiger partial charge in [0.15, 0.2) is 5.82 Å². The van der Waals surface area contributed by atoms with Gasteiger partial charge in [-0.25, -0.2) is 8.42 Å². The van der Waals surface area contributed by atoms with E-state index in [0.717, 1.165) is 5.56 Å². The zero-order valence-electron chi connectivity index (χ0n) is 13.4. The number of sulfonamides is 1. The summed E-state index contributed by atoms with van der Waals surface area (Å²) >= 11 is 0. The number of hydrogen-bond donors (Lipinski definition) is 2. The summed E-state index contributed by atoms with van der Waals surface area (Å²) in [5.41, 5.74) is 0.726. The van der Waals surface area contributed by atoms with Crippen LogP contribution in [0.5, 0.6) is 0 Å². The Morgan fingerprint density at radius 2 is 1.92 bits per heavy atom. The van der Waals surface area contributed by atoms with Crippen molar-refractivity contribution in [3.05, 3.63) is 42.1 Å². The second-order valence-electron chi connectivity index (χ2n) is 5.12. The molecule has 0 bridgehead atoms. The molecule has 0 atom stereocenters. The van der Waals surface area contributed by atoms with Gasteiger partial charge in [-0.2, -0.15) is 5.10 Å². The van der Waals surface area contributed by atoms with Gasteiger partial charge in [0, 0.05) is 18.7 Å². The molecule has 0 amide bonds. The van der Waals surface area contributed by atoms with E-state index in [1.807, 2.05) is 0 Å². The van der Waals surface area contributed by atoms with Crippen molar-refractivity contribution in [1.29, 1.82) is 0 Å².